The zero-order valence-corrected chi connectivity index (χ0v) is 12.5. The lowest BCUT2D eigenvalue weighted by atomic mass is 10.1. The van der Waals surface area contributed by atoms with Crippen LogP contribution in [0.4, 0.5) is 8.78 Å². The SMILES string of the molecule is CC(NCCOCC(F)F)c1ccc(Cl)c(Cl)c1Cl. The monoisotopic (exact) mass is 331 g/mol. The summed E-state index contributed by atoms with van der Waals surface area (Å²) in [7, 11) is 0. The molecule has 0 aliphatic heterocycles. The van der Waals surface area contributed by atoms with Crippen LogP contribution in [0, 0.1) is 0 Å². The molecule has 1 unspecified atom stereocenters. The van der Waals surface area contributed by atoms with Crippen molar-refractivity contribution in [3.63, 3.8) is 0 Å². The number of alkyl halides is 2. The minimum atomic E-state index is -2.44. The van der Waals surface area contributed by atoms with Gasteiger partial charge in [0.2, 0.25) is 0 Å². The van der Waals surface area contributed by atoms with Gasteiger partial charge in [-0.1, -0.05) is 40.9 Å². The highest BCUT2D eigenvalue weighted by molar-refractivity contribution is 6.48. The van der Waals surface area contributed by atoms with Crippen molar-refractivity contribution < 1.29 is 13.5 Å². The molecule has 0 saturated heterocycles. The lowest BCUT2D eigenvalue weighted by molar-refractivity contribution is 0.0183. The number of halogens is 5. The highest BCUT2D eigenvalue weighted by Crippen LogP contribution is 2.35. The molecule has 0 spiro atoms. The summed E-state index contributed by atoms with van der Waals surface area (Å²) in [4.78, 5) is 0. The molecule has 0 saturated carbocycles. The average molecular weight is 333 g/mol. The quantitative estimate of drug-likeness (QED) is 0.583. The first-order valence-corrected chi connectivity index (χ1v) is 6.79. The maximum atomic E-state index is 11.8. The summed E-state index contributed by atoms with van der Waals surface area (Å²) < 4.78 is 28.4. The Balaban J connectivity index is 2.46. The van der Waals surface area contributed by atoms with Crippen molar-refractivity contribution in [1.29, 1.82) is 0 Å². The molecule has 2 nitrogen and oxygen atoms in total. The van der Waals surface area contributed by atoms with Gasteiger partial charge in [0.05, 0.1) is 21.7 Å². The molecule has 0 aliphatic carbocycles. The maximum Gasteiger partial charge on any atom is 0.261 e. The molecule has 1 aromatic carbocycles. The van der Waals surface area contributed by atoms with Gasteiger partial charge in [0.25, 0.3) is 6.43 Å². The molecule has 0 radical (unpaired) electrons. The molecule has 0 aliphatic rings. The van der Waals surface area contributed by atoms with E-state index in [4.69, 9.17) is 39.5 Å². The van der Waals surface area contributed by atoms with E-state index in [-0.39, 0.29) is 12.6 Å². The Hall–Kier alpha value is -0.130. The van der Waals surface area contributed by atoms with Crippen LogP contribution in [0.5, 0.6) is 0 Å². The molecule has 19 heavy (non-hydrogen) atoms. The number of hydrogen-bond donors (Lipinski definition) is 1. The molecule has 108 valence electrons. The van der Waals surface area contributed by atoms with Crippen LogP contribution in [0.15, 0.2) is 12.1 Å². The summed E-state index contributed by atoms with van der Waals surface area (Å²) >= 11 is 17.9. The van der Waals surface area contributed by atoms with E-state index in [1.165, 1.54) is 0 Å². The molecule has 1 N–H and O–H groups in total. The van der Waals surface area contributed by atoms with Crippen molar-refractivity contribution in [2.75, 3.05) is 19.8 Å². The fourth-order valence-electron chi connectivity index (χ4n) is 1.51. The van der Waals surface area contributed by atoms with Gasteiger partial charge in [0.1, 0.15) is 6.61 Å². The second kappa shape index (κ2) is 8.22. The first kappa shape index (κ1) is 16.9. The van der Waals surface area contributed by atoms with Gasteiger partial charge in [-0.05, 0) is 18.6 Å². The topological polar surface area (TPSA) is 21.3 Å². The van der Waals surface area contributed by atoms with Gasteiger partial charge in [-0.3, -0.25) is 0 Å². The van der Waals surface area contributed by atoms with Crippen molar-refractivity contribution in [2.24, 2.45) is 0 Å². The molecule has 7 heteroatoms. The zero-order chi connectivity index (χ0) is 14.4. The Labute approximate surface area is 126 Å². The Morgan fingerprint density at radius 2 is 1.89 bits per heavy atom. The second-order valence-electron chi connectivity index (χ2n) is 3.91. The predicted molar refractivity (Wildman–Crippen MR) is 74.7 cm³/mol. The largest absolute Gasteiger partial charge is 0.374 e. The lowest BCUT2D eigenvalue weighted by Crippen LogP contribution is -2.24. The highest BCUT2D eigenvalue weighted by atomic mass is 35.5. The van der Waals surface area contributed by atoms with Crippen LogP contribution in [0.2, 0.25) is 15.1 Å². The second-order valence-corrected chi connectivity index (χ2v) is 5.07. The van der Waals surface area contributed by atoms with Gasteiger partial charge < -0.3 is 10.1 Å². The molecular formula is C12H14Cl3F2NO. The number of hydrogen-bond acceptors (Lipinski definition) is 2. The minimum Gasteiger partial charge on any atom is -0.374 e. The van der Waals surface area contributed by atoms with Crippen LogP contribution in [0.25, 0.3) is 0 Å². The van der Waals surface area contributed by atoms with Crippen LogP contribution in [0.3, 0.4) is 0 Å². The van der Waals surface area contributed by atoms with Crippen molar-refractivity contribution in [2.45, 2.75) is 19.4 Å². The van der Waals surface area contributed by atoms with Gasteiger partial charge in [-0.15, -0.1) is 0 Å². The summed E-state index contributed by atoms with van der Waals surface area (Å²) in [6.45, 7) is 1.97. The molecule has 1 atom stereocenters. The molecule has 0 amide bonds. The molecule has 0 bridgehead atoms. The van der Waals surface area contributed by atoms with Crippen LogP contribution in [-0.2, 0) is 4.74 Å². The van der Waals surface area contributed by atoms with Gasteiger partial charge in [-0.2, -0.15) is 0 Å². The Morgan fingerprint density at radius 1 is 1.21 bits per heavy atom. The van der Waals surface area contributed by atoms with E-state index in [9.17, 15) is 8.78 Å². The van der Waals surface area contributed by atoms with Crippen molar-refractivity contribution >= 4 is 34.8 Å². The lowest BCUT2D eigenvalue weighted by Gasteiger charge is -2.17. The maximum absolute atomic E-state index is 11.8. The van der Waals surface area contributed by atoms with Crippen LogP contribution in [0.1, 0.15) is 18.5 Å². The fourth-order valence-corrected chi connectivity index (χ4v) is 2.21. The van der Waals surface area contributed by atoms with Gasteiger partial charge in [0.15, 0.2) is 0 Å². The molecule has 1 rings (SSSR count). The van der Waals surface area contributed by atoms with Crippen molar-refractivity contribution in [3.05, 3.63) is 32.8 Å². The third-order valence-corrected chi connectivity index (χ3v) is 3.78. The van der Waals surface area contributed by atoms with E-state index in [2.05, 4.69) is 5.32 Å². The summed E-state index contributed by atoms with van der Waals surface area (Å²) in [5.74, 6) is 0. The van der Waals surface area contributed by atoms with E-state index >= 15 is 0 Å². The van der Waals surface area contributed by atoms with E-state index < -0.39 is 13.0 Å². The standard InChI is InChI=1S/C12H14Cl3F2NO/c1-7(18-4-5-19-6-10(16)17)8-2-3-9(13)12(15)11(8)14/h2-3,7,10,18H,4-6H2,1H3. The van der Waals surface area contributed by atoms with Gasteiger partial charge >= 0.3 is 0 Å². The van der Waals surface area contributed by atoms with Gasteiger partial charge in [-0.25, -0.2) is 8.78 Å². The summed E-state index contributed by atoms with van der Waals surface area (Å²) in [6, 6.07) is 3.35. The molecule has 0 heterocycles. The highest BCUT2D eigenvalue weighted by Gasteiger charge is 2.13. The van der Waals surface area contributed by atoms with Crippen molar-refractivity contribution in [1.82, 2.24) is 5.32 Å². The molecule has 0 fully saturated rings. The Kier molecular flexibility index (Phi) is 7.32. The summed E-state index contributed by atoms with van der Waals surface area (Å²) in [5.41, 5.74) is 0.796. The number of ether oxygens (including phenoxy) is 1. The van der Waals surface area contributed by atoms with Crippen LogP contribution in [-0.4, -0.2) is 26.2 Å². The first-order valence-electron chi connectivity index (χ1n) is 5.66. The van der Waals surface area contributed by atoms with Crippen LogP contribution >= 0.6 is 34.8 Å². The third kappa shape index (κ3) is 5.40. The van der Waals surface area contributed by atoms with E-state index in [1.807, 2.05) is 6.92 Å². The van der Waals surface area contributed by atoms with Crippen LogP contribution < -0.4 is 5.32 Å². The zero-order valence-electron chi connectivity index (χ0n) is 10.2. The Morgan fingerprint density at radius 3 is 2.53 bits per heavy atom. The van der Waals surface area contributed by atoms with E-state index in [0.717, 1.165) is 5.56 Å². The smallest absolute Gasteiger partial charge is 0.261 e. The summed E-state index contributed by atoms with van der Waals surface area (Å²) in [5, 5.41) is 4.20. The predicted octanol–water partition coefficient (Wildman–Crippen LogP) is 4.58. The Bertz CT molecular complexity index is 418. The first-order chi connectivity index (χ1) is 8.93. The normalized spacial score (nSPS) is 13.0. The van der Waals surface area contributed by atoms with E-state index in [1.54, 1.807) is 12.1 Å². The number of rotatable bonds is 7. The minimum absolute atomic E-state index is 0.0857. The van der Waals surface area contributed by atoms with E-state index in [0.29, 0.717) is 21.6 Å². The summed E-state index contributed by atoms with van der Waals surface area (Å²) in [6.07, 6.45) is -2.44. The van der Waals surface area contributed by atoms with Gasteiger partial charge in [0, 0.05) is 12.6 Å². The van der Waals surface area contributed by atoms with Crippen molar-refractivity contribution in [3.8, 4) is 0 Å². The number of nitrogens with one attached hydrogen (secondary N) is 1. The average Bonchev–Trinajstić information content (AvgIpc) is 2.35. The fraction of sp³-hybridized carbons (Fsp3) is 0.500. The molecule has 0 aromatic heterocycles. The number of benzene rings is 1. The molecular weight excluding hydrogens is 318 g/mol. The third-order valence-electron chi connectivity index (χ3n) is 2.47. The molecule has 1 aromatic rings.